The first kappa shape index (κ1) is 26.4. The van der Waals surface area contributed by atoms with E-state index in [2.05, 4.69) is 16.8 Å². The van der Waals surface area contributed by atoms with Crippen LogP contribution in [-0.4, -0.2) is 52.5 Å². The fourth-order valence-corrected chi connectivity index (χ4v) is 6.25. The third-order valence-corrected chi connectivity index (χ3v) is 8.63. The number of carboxylic acids is 1. The molecule has 196 valence electrons. The Morgan fingerprint density at radius 3 is 2.56 bits per heavy atom. The first-order valence-corrected chi connectivity index (χ1v) is 13.6. The number of aromatic nitrogens is 1. The van der Waals surface area contributed by atoms with Crippen molar-refractivity contribution in [3.63, 3.8) is 0 Å². The third-order valence-electron chi connectivity index (χ3n) is 8.63. The Morgan fingerprint density at radius 1 is 1.19 bits per heavy atom. The smallest absolute Gasteiger partial charge is 0.303 e. The number of carbonyl (C=O) groups is 2. The quantitative estimate of drug-likeness (QED) is 0.439. The summed E-state index contributed by atoms with van der Waals surface area (Å²) < 4.78 is 5.44. The summed E-state index contributed by atoms with van der Waals surface area (Å²) in [6, 6.07) is 7.46. The lowest BCUT2D eigenvalue weighted by molar-refractivity contribution is -0.137. The molecule has 1 aliphatic carbocycles. The number of furan rings is 1. The lowest BCUT2D eigenvalue weighted by Crippen LogP contribution is -2.48. The monoisotopic (exact) mass is 495 g/mol. The predicted octanol–water partition coefficient (Wildman–Crippen LogP) is 5.94. The second kappa shape index (κ2) is 12.0. The van der Waals surface area contributed by atoms with E-state index >= 15 is 0 Å². The first-order valence-electron chi connectivity index (χ1n) is 13.6. The molecule has 3 heterocycles. The number of nitrogens with zero attached hydrogens (tertiary/aromatic N) is 3. The molecule has 1 unspecified atom stereocenters. The van der Waals surface area contributed by atoms with Crippen molar-refractivity contribution in [1.29, 1.82) is 0 Å². The van der Waals surface area contributed by atoms with Gasteiger partial charge in [0.2, 0.25) is 0 Å². The van der Waals surface area contributed by atoms with Crippen molar-refractivity contribution in [3.05, 3.63) is 48.0 Å². The third kappa shape index (κ3) is 6.36. The molecule has 2 fully saturated rings. The lowest BCUT2D eigenvalue weighted by Gasteiger charge is -2.45. The van der Waals surface area contributed by atoms with Crippen LogP contribution in [-0.2, 0) is 4.79 Å². The van der Waals surface area contributed by atoms with Crippen LogP contribution in [0.1, 0.15) is 87.3 Å². The zero-order chi connectivity index (χ0) is 25.5. The highest BCUT2D eigenvalue weighted by molar-refractivity contribution is 6.04. The normalized spacial score (nSPS) is 19.6. The Hall–Kier alpha value is -2.67. The molecule has 36 heavy (non-hydrogen) atoms. The van der Waals surface area contributed by atoms with Crippen molar-refractivity contribution in [2.75, 3.05) is 24.5 Å². The highest BCUT2D eigenvalue weighted by Crippen LogP contribution is 2.47. The Bertz CT molecular complexity index is 974. The van der Waals surface area contributed by atoms with E-state index in [-0.39, 0.29) is 23.8 Å². The number of carboxylic acid groups (broad SMARTS) is 1. The number of anilines is 1. The molecule has 1 aliphatic heterocycles. The maximum absolute atomic E-state index is 13.4. The van der Waals surface area contributed by atoms with Crippen molar-refractivity contribution in [3.8, 4) is 0 Å². The van der Waals surface area contributed by atoms with Crippen molar-refractivity contribution in [2.45, 2.75) is 84.1 Å². The van der Waals surface area contributed by atoms with Gasteiger partial charge in [0.1, 0.15) is 5.82 Å². The molecule has 1 atom stereocenters. The minimum atomic E-state index is -0.688. The van der Waals surface area contributed by atoms with Crippen LogP contribution >= 0.6 is 0 Å². The van der Waals surface area contributed by atoms with Gasteiger partial charge in [-0.3, -0.25) is 14.5 Å². The van der Waals surface area contributed by atoms with Crippen molar-refractivity contribution in [1.82, 2.24) is 9.88 Å². The maximum atomic E-state index is 13.4. The van der Waals surface area contributed by atoms with Gasteiger partial charge in [0.15, 0.2) is 5.76 Å². The predicted molar refractivity (Wildman–Crippen MR) is 140 cm³/mol. The van der Waals surface area contributed by atoms with Crippen LogP contribution in [0.25, 0.3) is 0 Å². The minimum Gasteiger partial charge on any atom is -0.481 e. The molecule has 1 amide bonds. The molecule has 7 heteroatoms. The van der Waals surface area contributed by atoms with Gasteiger partial charge in [0.05, 0.1) is 6.26 Å². The molecule has 0 aromatic carbocycles. The molecule has 0 radical (unpaired) electrons. The zero-order valence-electron chi connectivity index (χ0n) is 21.8. The number of aliphatic carboxylic acids is 1. The van der Waals surface area contributed by atoms with Crippen molar-refractivity contribution < 1.29 is 19.1 Å². The molecule has 2 aromatic rings. The number of piperidine rings is 1. The van der Waals surface area contributed by atoms with Gasteiger partial charge in [-0.15, -0.1) is 0 Å². The molecule has 7 nitrogen and oxygen atoms in total. The summed E-state index contributed by atoms with van der Waals surface area (Å²) in [7, 11) is 0. The highest BCUT2D eigenvalue weighted by atomic mass is 16.4. The van der Waals surface area contributed by atoms with Gasteiger partial charge in [-0.05, 0) is 87.1 Å². The fourth-order valence-electron chi connectivity index (χ4n) is 6.25. The highest BCUT2D eigenvalue weighted by Gasteiger charge is 2.38. The maximum Gasteiger partial charge on any atom is 0.303 e. The summed E-state index contributed by atoms with van der Waals surface area (Å²) in [5.74, 6) is 0.624. The summed E-state index contributed by atoms with van der Waals surface area (Å²) in [6.07, 6.45) is 13.5. The minimum absolute atomic E-state index is 0.0761. The van der Waals surface area contributed by atoms with Crippen LogP contribution in [0.15, 0.2) is 41.1 Å². The van der Waals surface area contributed by atoms with Gasteiger partial charge in [-0.1, -0.05) is 32.3 Å². The largest absolute Gasteiger partial charge is 0.481 e. The Balaban J connectivity index is 1.39. The van der Waals surface area contributed by atoms with E-state index < -0.39 is 5.97 Å². The first-order chi connectivity index (χ1) is 17.4. The van der Waals surface area contributed by atoms with Gasteiger partial charge in [-0.25, -0.2) is 4.98 Å². The number of rotatable bonds is 10. The summed E-state index contributed by atoms with van der Waals surface area (Å²) in [4.78, 5) is 33.5. The lowest BCUT2D eigenvalue weighted by atomic mass is 9.63. The van der Waals surface area contributed by atoms with E-state index in [1.807, 2.05) is 30.2 Å². The fraction of sp³-hybridized carbons (Fsp3) is 0.621. The standard InChI is InChI=1S/C29H41N3O4/c1-22-8-10-26(30-21-22)32(28(35)25-7-6-20-36-25)24-12-17-31(18-13-24)19-16-29(14-4-3-5-15-29)23(2)9-11-27(33)34/h6-8,10,20-21,23-24H,3-5,9,11-19H2,1-2H3,(H,33,34). The Morgan fingerprint density at radius 2 is 1.94 bits per heavy atom. The molecule has 0 spiro atoms. The Kier molecular flexibility index (Phi) is 8.83. The van der Waals surface area contributed by atoms with Gasteiger partial charge in [0.25, 0.3) is 5.91 Å². The summed E-state index contributed by atoms with van der Waals surface area (Å²) in [5, 5.41) is 9.20. The van der Waals surface area contributed by atoms with Crippen LogP contribution in [0.5, 0.6) is 0 Å². The second-order valence-electron chi connectivity index (χ2n) is 10.9. The van der Waals surface area contributed by atoms with Crippen LogP contribution in [0, 0.1) is 18.3 Å². The van der Waals surface area contributed by atoms with E-state index in [1.165, 1.54) is 38.4 Å². The number of aryl methyl sites for hydroxylation is 1. The van der Waals surface area contributed by atoms with Gasteiger partial charge in [-0.2, -0.15) is 0 Å². The van der Waals surface area contributed by atoms with Gasteiger partial charge < -0.3 is 14.4 Å². The number of amides is 1. The number of hydrogen-bond donors (Lipinski definition) is 1. The van der Waals surface area contributed by atoms with Crippen LogP contribution in [0.4, 0.5) is 5.82 Å². The van der Waals surface area contributed by atoms with Gasteiger partial charge >= 0.3 is 5.97 Å². The molecular weight excluding hydrogens is 454 g/mol. The van der Waals surface area contributed by atoms with Crippen LogP contribution in [0.2, 0.25) is 0 Å². The number of pyridine rings is 1. The van der Waals surface area contributed by atoms with E-state index in [1.54, 1.807) is 12.1 Å². The van der Waals surface area contributed by atoms with E-state index in [9.17, 15) is 14.7 Å². The average Bonchev–Trinajstić information content (AvgIpc) is 3.44. The molecule has 1 N–H and O–H groups in total. The van der Waals surface area contributed by atoms with E-state index in [4.69, 9.17) is 4.42 Å². The zero-order valence-corrected chi connectivity index (χ0v) is 21.8. The van der Waals surface area contributed by atoms with Crippen molar-refractivity contribution in [2.24, 2.45) is 11.3 Å². The van der Waals surface area contributed by atoms with Crippen LogP contribution in [0.3, 0.4) is 0 Å². The summed E-state index contributed by atoms with van der Waals surface area (Å²) in [5.41, 5.74) is 1.32. The second-order valence-corrected chi connectivity index (χ2v) is 10.9. The average molecular weight is 496 g/mol. The molecule has 2 aliphatic rings. The molecular formula is C29H41N3O4. The SMILES string of the molecule is Cc1ccc(N(C(=O)c2ccco2)C2CCN(CCC3(C(C)CCC(=O)O)CCCCC3)CC2)nc1. The van der Waals surface area contributed by atoms with Crippen molar-refractivity contribution >= 4 is 17.7 Å². The van der Waals surface area contributed by atoms with Gasteiger partial charge in [0, 0.05) is 31.7 Å². The molecule has 0 bridgehead atoms. The number of hydrogen-bond acceptors (Lipinski definition) is 5. The topological polar surface area (TPSA) is 86.9 Å². The summed E-state index contributed by atoms with van der Waals surface area (Å²) in [6.45, 7) is 7.19. The number of carbonyl (C=O) groups excluding carboxylic acids is 1. The van der Waals surface area contributed by atoms with E-state index in [0.29, 0.717) is 17.5 Å². The Labute approximate surface area is 214 Å². The van der Waals surface area contributed by atoms with E-state index in [0.717, 1.165) is 50.9 Å². The molecule has 2 aromatic heterocycles. The molecule has 1 saturated heterocycles. The van der Waals surface area contributed by atoms with Crippen LogP contribution < -0.4 is 4.90 Å². The number of likely N-dealkylation sites (tertiary alicyclic amines) is 1. The summed E-state index contributed by atoms with van der Waals surface area (Å²) >= 11 is 0. The molecule has 1 saturated carbocycles. The molecule has 4 rings (SSSR count).